The lowest BCUT2D eigenvalue weighted by molar-refractivity contribution is 0.287. The largest absolute Gasteiger partial charge is 0.497 e. The molecule has 0 aliphatic heterocycles. The summed E-state index contributed by atoms with van der Waals surface area (Å²) in [4.78, 5) is 14.1. The quantitative estimate of drug-likeness (QED) is 0.428. The summed E-state index contributed by atoms with van der Waals surface area (Å²) in [5.74, 6) is 2.27. The second-order valence-corrected chi connectivity index (χ2v) is 7.39. The van der Waals surface area contributed by atoms with Crippen molar-refractivity contribution < 1.29 is 9.84 Å². The number of aromatic nitrogens is 3. The van der Waals surface area contributed by atoms with Gasteiger partial charge in [0.2, 0.25) is 0 Å². The normalized spacial score (nSPS) is 10.9. The highest BCUT2D eigenvalue weighted by Crippen LogP contribution is 2.22. The lowest BCUT2D eigenvalue weighted by Crippen LogP contribution is -2.07. The number of aliphatic hydroxyl groups excluding tert-OH is 1. The Balaban J connectivity index is 1.62. The molecule has 0 aliphatic carbocycles. The minimum atomic E-state index is 0.115. The zero-order valence-corrected chi connectivity index (χ0v) is 17.6. The average molecular weight is 415 g/mol. The van der Waals surface area contributed by atoms with Crippen LogP contribution in [0.1, 0.15) is 28.9 Å². The molecule has 4 rings (SSSR count). The molecule has 2 N–H and O–H groups in total. The van der Waals surface area contributed by atoms with E-state index in [1.54, 1.807) is 7.11 Å². The molecular weight excluding hydrogens is 388 g/mol. The Morgan fingerprint density at radius 3 is 2.48 bits per heavy atom. The van der Waals surface area contributed by atoms with E-state index in [4.69, 9.17) is 9.72 Å². The molecule has 158 valence electrons. The first-order valence-electron chi connectivity index (χ1n) is 10.4. The van der Waals surface area contributed by atoms with E-state index in [0.717, 1.165) is 34.6 Å². The van der Waals surface area contributed by atoms with Crippen LogP contribution in [0.3, 0.4) is 0 Å². The van der Waals surface area contributed by atoms with Crippen LogP contribution in [0.25, 0.3) is 11.0 Å². The third-order valence-corrected chi connectivity index (χ3v) is 5.07. The molecule has 2 aromatic carbocycles. The summed E-state index contributed by atoms with van der Waals surface area (Å²) in [5.41, 5.74) is 4.99. The van der Waals surface area contributed by atoms with Gasteiger partial charge in [-0.15, -0.1) is 0 Å². The first-order chi connectivity index (χ1) is 15.2. The molecular formula is C25H26N4O2. The number of hydrogen-bond acceptors (Lipinski definition) is 6. The summed E-state index contributed by atoms with van der Waals surface area (Å²) in [6, 6.07) is 20.3. The average Bonchev–Trinajstić information content (AvgIpc) is 2.82. The van der Waals surface area contributed by atoms with Crippen LogP contribution in [0.15, 0.2) is 66.9 Å². The maximum Gasteiger partial charge on any atom is 0.156 e. The van der Waals surface area contributed by atoms with Crippen LogP contribution in [-0.2, 0) is 19.4 Å². The van der Waals surface area contributed by atoms with Gasteiger partial charge in [0, 0.05) is 25.8 Å². The first-order valence-corrected chi connectivity index (χ1v) is 10.4. The van der Waals surface area contributed by atoms with E-state index in [1.165, 1.54) is 11.1 Å². The maximum absolute atomic E-state index is 9.22. The van der Waals surface area contributed by atoms with Crippen molar-refractivity contribution in [2.75, 3.05) is 19.0 Å². The van der Waals surface area contributed by atoms with Gasteiger partial charge in [-0.05, 0) is 47.7 Å². The van der Waals surface area contributed by atoms with Gasteiger partial charge in [-0.2, -0.15) is 0 Å². The van der Waals surface area contributed by atoms with Crippen LogP contribution in [-0.4, -0.2) is 33.8 Å². The summed E-state index contributed by atoms with van der Waals surface area (Å²) in [5, 5.41) is 12.6. The number of benzene rings is 2. The Hall–Kier alpha value is -3.51. The van der Waals surface area contributed by atoms with E-state index in [1.807, 2.05) is 36.5 Å². The van der Waals surface area contributed by atoms with E-state index in [9.17, 15) is 5.11 Å². The fourth-order valence-corrected chi connectivity index (χ4v) is 3.44. The van der Waals surface area contributed by atoms with Gasteiger partial charge in [0.25, 0.3) is 0 Å². The summed E-state index contributed by atoms with van der Waals surface area (Å²) >= 11 is 0. The van der Waals surface area contributed by atoms with Crippen LogP contribution in [0.5, 0.6) is 5.75 Å². The number of pyridine rings is 1. The van der Waals surface area contributed by atoms with Crippen molar-refractivity contribution in [3.8, 4) is 5.75 Å². The lowest BCUT2D eigenvalue weighted by atomic mass is 10.1. The van der Waals surface area contributed by atoms with E-state index in [-0.39, 0.29) is 6.61 Å². The van der Waals surface area contributed by atoms with Crippen molar-refractivity contribution in [2.45, 2.75) is 25.8 Å². The lowest BCUT2D eigenvalue weighted by Gasteiger charge is -2.11. The van der Waals surface area contributed by atoms with Gasteiger partial charge in [-0.25, -0.2) is 9.97 Å². The van der Waals surface area contributed by atoms with E-state index in [2.05, 4.69) is 45.6 Å². The second kappa shape index (κ2) is 10.00. The molecule has 2 heterocycles. The molecule has 31 heavy (non-hydrogen) atoms. The molecule has 0 spiro atoms. The van der Waals surface area contributed by atoms with Gasteiger partial charge in [0.1, 0.15) is 17.1 Å². The molecule has 6 nitrogen and oxygen atoms in total. The van der Waals surface area contributed by atoms with E-state index < -0.39 is 0 Å². The van der Waals surface area contributed by atoms with E-state index in [0.29, 0.717) is 25.2 Å². The summed E-state index contributed by atoms with van der Waals surface area (Å²) in [7, 11) is 1.67. The van der Waals surface area contributed by atoms with Gasteiger partial charge >= 0.3 is 0 Å². The third-order valence-electron chi connectivity index (χ3n) is 5.07. The molecule has 0 aliphatic rings. The van der Waals surface area contributed by atoms with Gasteiger partial charge < -0.3 is 15.2 Å². The predicted octanol–water partition coefficient (Wildman–Crippen LogP) is 4.16. The smallest absolute Gasteiger partial charge is 0.156 e. The van der Waals surface area contributed by atoms with E-state index >= 15 is 0 Å². The third kappa shape index (κ3) is 5.35. The Labute approximate surface area is 182 Å². The molecule has 0 unspecified atom stereocenters. The minimum absolute atomic E-state index is 0.115. The molecule has 2 aromatic heterocycles. The summed E-state index contributed by atoms with van der Waals surface area (Å²) in [6.07, 6.45) is 3.89. The monoisotopic (exact) mass is 414 g/mol. The highest BCUT2D eigenvalue weighted by Gasteiger charge is 2.11. The van der Waals surface area contributed by atoms with Crippen molar-refractivity contribution >= 4 is 16.9 Å². The highest BCUT2D eigenvalue weighted by atomic mass is 16.5. The fourth-order valence-electron chi connectivity index (χ4n) is 3.44. The van der Waals surface area contributed by atoms with Crippen molar-refractivity contribution in [1.29, 1.82) is 0 Å². The van der Waals surface area contributed by atoms with Gasteiger partial charge in [0.15, 0.2) is 5.82 Å². The first kappa shape index (κ1) is 20.8. The number of nitrogens with zero attached hydrogens (tertiary/aromatic N) is 3. The molecule has 0 radical (unpaired) electrons. The molecule has 0 bridgehead atoms. The van der Waals surface area contributed by atoms with Gasteiger partial charge in [-0.3, -0.25) is 4.98 Å². The number of anilines is 1. The molecule has 0 fully saturated rings. The molecule has 0 amide bonds. The van der Waals surface area contributed by atoms with Crippen LogP contribution in [0.2, 0.25) is 0 Å². The van der Waals surface area contributed by atoms with Crippen LogP contribution < -0.4 is 10.1 Å². The Morgan fingerprint density at radius 1 is 0.935 bits per heavy atom. The zero-order chi connectivity index (χ0) is 21.5. The summed E-state index contributed by atoms with van der Waals surface area (Å²) < 4.78 is 5.24. The van der Waals surface area contributed by atoms with Crippen molar-refractivity contribution in [3.05, 3.63) is 89.4 Å². The maximum atomic E-state index is 9.22. The number of fused-ring (bicyclic) bond motifs is 1. The molecule has 4 aromatic rings. The Kier molecular flexibility index (Phi) is 6.69. The van der Waals surface area contributed by atoms with Crippen LogP contribution in [0, 0.1) is 0 Å². The topological polar surface area (TPSA) is 80.2 Å². The van der Waals surface area contributed by atoms with Gasteiger partial charge in [-0.1, -0.05) is 42.5 Å². The zero-order valence-electron chi connectivity index (χ0n) is 17.6. The number of nitrogens with one attached hydrogen (secondary N) is 1. The van der Waals surface area contributed by atoms with Crippen LogP contribution in [0.4, 0.5) is 5.82 Å². The Bertz CT molecular complexity index is 1130. The molecule has 0 saturated heterocycles. The van der Waals surface area contributed by atoms with Crippen molar-refractivity contribution in [3.63, 3.8) is 0 Å². The van der Waals surface area contributed by atoms with Crippen molar-refractivity contribution in [1.82, 2.24) is 15.0 Å². The van der Waals surface area contributed by atoms with Gasteiger partial charge in [0.05, 0.1) is 12.6 Å². The second-order valence-electron chi connectivity index (χ2n) is 7.39. The standard InChI is InChI=1S/C25H26N4O2/c1-31-21-11-9-18(10-12-21)14-20-15-22-24(26-17-20)25(29-23(28-22)8-5-13-30)27-16-19-6-3-2-4-7-19/h2-4,6-7,9-12,15,17,30H,5,8,13-14,16H2,1H3,(H,27,28,29). The van der Waals surface area contributed by atoms with Crippen molar-refractivity contribution in [2.24, 2.45) is 0 Å². The predicted molar refractivity (Wildman–Crippen MR) is 122 cm³/mol. The number of rotatable bonds is 9. The Morgan fingerprint density at radius 2 is 1.74 bits per heavy atom. The number of aliphatic hydroxyl groups is 1. The summed E-state index contributed by atoms with van der Waals surface area (Å²) in [6.45, 7) is 0.769. The molecule has 0 atom stereocenters. The molecule has 0 saturated carbocycles. The highest BCUT2D eigenvalue weighted by molar-refractivity contribution is 5.85. The number of ether oxygens (including phenoxy) is 1. The minimum Gasteiger partial charge on any atom is -0.497 e. The number of methoxy groups -OCH3 is 1. The fraction of sp³-hybridized carbons (Fsp3) is 0.240. The number of aryl methyl sites for hydroxylation is 1. The molecule has 6 heteroatoms. The van der Waals surface area contributed by atoms with Crippen LogP contribution >= 0.6 is 0 Å². The SMILES string of the molecule is COc1ccc(Cc2cnc3c(NCc4ccccc4)nc(CCCO)nc3c2)cc1. The number of hydrogen-bond donors (Lipinski definition) is 2.